The summed E-state index contributed by atoms with van der Waals surface area (Å²) in [6.07, 6.45) is 7.52. The van der Waals surface area contributed by atoms with Crippen LogP contribution in [0.1, 0.15) is 45.2 Å². The third-order valence-electron chi connectivity index (χ3n) is 5.88. The maximum atomic E-state index is 12.5. The number of carbonyl (C=O) groups excluding carboxylic acids is 3. The van der Waals surface area contributed by atoms with Crippen LogP contribution in [0, 0.1) is 5.41 Å². The second-order valence-corrected chi connectivity index (χ2v) is 7.89. The third-order valence-corrected chi connectivity index (χ3v) is 5.88. The van der Waals surface area contributed by atoms with Crippen LogP contribution in [0.5, 0.6) is 0 Å². The molecule has 2 aliphatic rings. The molecule has 2 N–H and O–H groups in total. The van der Waals surface area contributed by atoms with Crippen LogP contribution in [0.4, 0.5) is 0 Å². The predicted molar refractivity (Wildman–Crippen MR) is 99.6 cm³/mol. The Balaban J connectivity index is 1.54. The summed E-state index contributed by atoms with van der Waals surface area (Å²) in [6.45, 7) is 5.99. The van der Waals surface area contributed by atoms with Gasteiger partial charge in [0.1, 0.15) is 6.04 Å². The summed E-state index contributed by atoms with van der Waals surface area (Å²) in [5, 5.41) is 2.66. The highest BCUT2D eigenvalue weighted by Crippen LogP contribution is 2.40. The molecule has 0 aliphatic carbocycles. The molecule has 1 atom stereocenters. The maximum Gasteiger partial charge on any atom is 0.244 e. The van der Waals surface area contributed by atoms with Crippen LogP contribution < -0.4 is 5.32 Å². The van der Waals surface area contributed by atoms with Crippen molar-refractivity contribution < 1.29 is 14.4 Å². The van der Waals surface area contributed by atoms with Crippen molar-refractivity contribution in [3.05, 3.63) is 18.2 Å². The van der Waals surface area contributed by atoms with Gasteiger partial charge < -0.3 is 20.1 Å². The average molecular weight is 375 g/mol. The molecule has 3 rings (SSSR count). The van der Waals surface area contributed by atoms with Crippen molar-refractivity contribution in [1.82, 2.24) is 25.1 Å². The topological polar surface area (TPSA) is 98.4 Å². The standard InChI is InChI=1S/C19H29N5O3/c1-14(22-15(2)25)18(27)23-9-6-19(7-10-23)5-3-17(26)24(12-19)8-4-16-11-20-13-21-16/h11,13-14H,3-10,12H2,1-2H3,(H,20,21)(H,22,25)/t14-/m0/s1. The summed E-state index contributed by atoms with van der Waals surface area (Å²) in [6, 6.07) is -0.490. The van der Waals surface area contributed by atoms with Gasteiger partial charge in [0.05, 0.1) is 6.33 Å². The lowest BCUT2D eigenvalue weighted by Gasteiger charge is -2.47. The molecule has 0 saturated carbocycles. The number of hydrogen-bond donors (Lipinski definition) is 2. The Kier molecular flexibility index (Phi) is 5.82. The zero-order valence-corrected chi connectivity index (χ0v) is 16.2. The summed E-state index contributed by atoms with van der Waals surface area (Å²) in [4.78, 5) is 46.9. The highest BCUT2D eigenvalue weighted by Gasteiger charge is 2.42. The van der Waals surface area contributed by atoms with Crippen molar-refractivity contribution in [3.63, 3.8) is 0 Å². The number of amides is 3. The Labute approximate surface area is 159 Å². The number of nitrogens with zero attached hydrogens (tertiary/aromatic N) is 3. The van der Waals surface area contributed by atoms with Crippen molar-refractivity contribution in [2.24, 2.45) is 5.41 Å². The molecule has 0 radical (unpaired) electrons. The number of rotatable bonds is 5. The minimum Gasteiger partial charge on any atom is -0.348 e. The van der Waals surface area contributed by atoms with Crippen molar-refractivity contribution in [2.45, 2.75) is 52.0 Å². The number of aromatic nitrogens is 2. The van der Waals surface area contributed by atoms with Gasteiger partial charge in [-0.2, -0.15) is 0 Å². The Bertz CT molecular complexity index is 680. The molecule has 2 aliphatic heterocycles. The number of aromatic amines is 1. The Hall–Kier alpha value is -2.38. The first kappa shape index (κ1) is 19.4. The normalized spacial score (nSPS) is 20.6. The summed E-state index contributed by atoms with van der Waals surface area (Å²) >= 11 is 0. The molecule has 8 nitrogen and oxygen atoms in total. The van der Waals surface area contributed by atoms with Crippen molar-refractivity contribution >= 4 is 17.7 Å². The van der Waals surface area contributed by atoms with Gasteiger partial charge in [0.15, 0.2) is 0 Å². The number of hydrogen-bond acceptors (Lipinski definition) is 4. The number of H-pyrrole nitrogens is 1. The van der Waals surface area contributed by atoms with E-state index in [1.807, 2.05) is 9.80 Å². The first-order chi connectivity index (χ1) is 12.9. The molecule has 3 amide bonds. The molecule has 1 aromatic rings. The lowest BCUT2D eigenvalue weighted by atomic mass is 9.72. The summed E-state index contributed by atoms with van der Waals surface area (Å²) in [7, 11) is 0. The van der Waals surface area contributed by atoms with Gasteiger partial charge in [0.2, 0.25) is 17.7 Å². The summed E-state index contributed by atoms with van der Waals surface area (Å²) < 4.78 is 0. The third kappa shape index (κ3) is 4.67. The van der Waals surface area contributed by atoms with E-state index in [0.29, 0.717) is 26.1 Å². The van der Waals surface area contributed by atoms with Gasteiger partial charge in [0.25, 0.3) is 0 Å². The zero-order valence-electron chi connectivity index (χ0n) is 16.2. The van der Waals surface area contributed by atoms with Gasteiger partial charge in [-0.25, -0.2) is 4.98 Å². The quantitative estimate of drug-likeness (QED) is 0.792. The number of piperidine rings is 2. The number of nitrogens with one attached hydrogen (secondary N) is 2. The van der Waals surface area contributed by atoms with Gasteiger partial charge in [-0.05, 0) is 31.6 Å². The number of likely N-dealkylation sites (tertiary alicyclic amines) is 2. The maximum absolute atomic E-state index is 12.5. The number of imidazole rings is 1. The van der Waals surface area contributed by atoms with Gasteiger partial charge in [-0.15, -0.1) is 0 Å². The molecule has 0 bridgehead atoms. The molecule has 0 unspecified atom stereocenters. The van der Waals surface area contributed by atoms with Gasteiger partial charge in [0, 0.05) is 57.8 Å². The monoisotopic (exact) mass is 375 g/mol. The van der Waals surface area contributed by atoms with E-state index in [2.05, 4.69) is 15.3 Å². The molecule has 1 aromatic heterocycles. The molecular weight excluding hydrogens is 346 g/mol. The second kappa shape index (κ2) is 8.10. The van der Waals surface area contributed by atoms with Crippen LogP contribution in [0.15, 0.2) is 12.5 Å². The Morgan fingerprint density at radius 2 is 2.07 bits per heavy atom. The lowest BCUT2D eigenvalue weighted by Crippen LogP contribution is -2.55. The fourth-order valence-corrected chi connectivity index (χ4v) is 4.23. The fourth-order valence-electron chi connectivity index (χ4n) is 4.23. The Morgan fingerprint density at radius 3 is 2.70 bits per heavy atom. The van der Waals surface area contributed by atoms with Crippen LogP contribution in [0.3, 0.4) is 0 Å². The van der Waals surface area contributed by atoms with Crippen LogP contribution in [-0.2, 0) is 20.8 Å². The largest absolute Gasteiger partial charge is 0.348 e. The van der Waals surface area contributed by atoms with E-state index in [4.69, 9.17) is 0 Å². The molecule has 2 fully saturated rings. The first-order valence-electron chi connectivity index (χ1n) is 9.69. The van der Waals surface area contributed by atoms with Crippen LogP contribution in [0.25, 0.3) is 0 Å². The minimum absolute atomic E-state index is 0.0250. The van der Waals surface area contributed by atoms with Gasteiger partial charge in [-0.1, -0.05) is 0 Å². The lowest BCUT2D eigenvalue weighted by molar-refractivity contribution is -0.143. The van der Waals surface area contributed by atoms with Gasteiger partial charge in [-0.3, -0.25) is 14.4 Å². The van der Waals surface area contributed by atoms with Crippen molar-refractivity contribution in [2.75, 3.05) is 26.2 Å². The highest BCUT2D eigenvalue weighted by atomic mass is 16.2. The molecule has 2 saturated heterocycles. The molecule has 8 heteroatoms. The summed E-state index contributed by atoms with van der Waals surface area (Å²) in [5.74, 6) is 0.00370. The van der Waals surface area contributed by atoms with Crippen LogP contribution in [-0.4, -0.2) is 69.7 Å². The zero-order chi connectivity index (χ0) is 19.4. The smallest absolute Gasteiger partial charge is 0.244 e. The van der Waals surface area contributed by atoms with Gasteiger partial charge >= 0.3 is 0 Å². The van der Waals surface area contributed by atoms with Crippen molar-refractivity contribution in [1.29, 1.82) is 0 Å². The van der Waals surface area contributed by atoms with E-state index in [1.54, 1.807) is 19.4 Å². The van der Waals surface area contributed by atoms with Crippen LogP contribution in [0.2, 0.25) is 0 Å². The number of carbonyl (C=O) groups is 3. The SMILES string of the molecule is CC(=O)N[C@@H](C)C(=O)N1CCC2(CCC(=O)N(CCc3cnc[nH]3)C2)CC1. The molecule has 27 heavy (non-hydrogen) atoms. The van der Waals surface area contributed by atoms with E-state index >= 15 is 0 Å². The van der Waals surface area contributed by atoms with E-state index in [9.17, 15) is 14.4 Å². The molecule has 148 valence electrons. The van der Waals surface area contributed by atoms with E-state index in [0.717, 1.165) is 37.9 Å². The highest BCUT2D eigenvalue weighted by molar-refractivity contribution is 5.86. The second-order valence-electron chi connectivity index (χ2n) is 7.89. The van der Waals surface area contributed by atoms with E-state index in [1.165, 1.54) is 6.92 Å². The van der Waals surface area contributed by atoms with E-state index < -0.39 is 6.04 Å². The molecule has 0 aromatic carbocycles. The molecule has 3 heterocycles. The summed E-state index contributed by atoms with van der Waals surface area (Å²) in [5.41, 5.74) is 1.14. The molecular formula is C19H29N5O3. The van der Waals surface area contributed by atoms with E-state index in [-0.39, 0.29) is 23.1 Å². The van der Waals surface area contributed by atoms with Crippen LogP contribution >= 0.6 is 0 Å². The fraction of sp³-hybridized carbons (Fsp3) is 0.684. The average Bonchev–Trinajstić information content (AvgIpc) is 3.16. The first-order valence-corrected chi connectivity index (χ1v) is 9.69. The Morgan fingerprint density at radius 1 is 1.33 bits per heavy atom. The van der Waals surface area contributed by atoms with Crippen molar-refractivity contribution in [3.8, 4) is 0 Å². The molecule has 1 spiro atoms. The minimum atomic E-state index is -0.490. The predicted octanol–water partition coefficient (Wildman–Crippen LogP) is 0.708.